The van der Waals surface area contributed by atoms with Crippen LogP contribution < -0.4 is 16.4 Å². The summed E-state index contributed by atoms with van der Waals surface area (Å²) >= 11 is 0. The summed E-state index contributed by atoms with van der Waals surface area (Å²) in [6.07, 6.45) is 0.488. The van der Waals surface area contributed by atoms with Crippen molar-refractivity contribution in [2.45, 2.75) is 40.2 Å². The van der Waals surface area contributed by atoms with E-state index in [1.807, 2.05) is 27.7 Å². The van der Waals surface area contributed by atoms with Crippen LogP contribution in [-0.2, 0) is 9.59 Å². The van der Waals surface area contributed by atoms with Gasteiger partial charge in [-0.2, -0.15) is 0 Å². The van der Waals surface area contributed by atoms with E-state index in [1.165, 1.54) is 0 Å². The van der Waals surface area contributed by atoms with Gasteiger partial charge in [0.15, 0.2) is 0 Å². The molecule has 22 heavy (non-hydrogen) atoms. The van der Waals surface area contributed by atoms with Gasteiger partial charge in [0.2, 0.25) is 11.8 Å². The summed E-state index contributed by atoms with van der Waals surface area (Å²) in [4.78, 5) is 23.5. The van der Waals surface area contributed by atoms with Crippen LogP contribution in [0.5, 0.6) is 0 Å². The minimum atomic E-state index is -0.532. The van der Waals surface area contributed by atoms with Gasteiger partial charge in [-0.05, 0) is 36.1 Å². The molecule has 5 nitrogen and oxygen atoms in total. The number of hydrogen-bond acceptors (Lipinski definition) is 3. The van der Waals surface area contributed by atoms with Gasteiger partial charge in [-0.25, -0.2) is 0 Å². The monoisotopic (exact) mass is 327 g/mol. The summed E-state index contributed by atoms with van der Waals surface area (Å²) < 4.78 is 0. The molecule has 1 aromatic carbocycles. The van der Waals surface area contributed by atoms with E-state index in [1.54, 1.807) is 24.3 Å². The maximum absolute atomic E-state index is 11.8. The Morgan fingerprint density at radius 1 is 1.00 bits per heavy atom. The second-order valence-corrected chi connectivity index (χ2v) is 5.98. The Balaban J connectivity index is 0.00000441. The van der Waals surface area contributed by atoms with Crippen LogP contribution >= 0.6 is 12.4 Å². The minimum absolute atomic E-state index is 0. The number of benzene rings is 1. The highest BCUT2D eigenvalue weighted by Gasteiger charge is 2.17. The van der Waals surface area contributed by atoms with Gasteiger partial charge in [0.05, 0.1) is 6.04 Å². The lowest BCUT2D eigenvalue weighted by molar-refractivity contribution is -0.118. The number of carbonyl (C=O) groups is 2. The lowest BCUT2D eigenvalue weighted by Gasteiger charge is -2.15. The zero-order valence-electron chi connectivity index (χ0n) is 13.6. The molecule has 1 atom stereocenters. The zero-order chi connectivity index (χ0) is 16.0. The molecule has 0 unspecified atom stereocenters. The molecule has 124 valence electrons. The number of halogens is 1. The van der Waals surface area contributed by atoms with Gasteiger partial charge < -0.3 is 16.4 Å². The standard InChI is InChI=1S/C16H25N3O2.ClH/c1-10(2)9-14(20)18-12-5-7-13(8-6-12)19-16(21)15(17)11(3)4;/h5-8,10-11,15H,9,17H2,1-4H3,(H,18,20)(H,19,21);1H/t15-;/m1./s1. The molecule has 0 fully saturated rings. The van der Waals surface area contributed by atoms with E-state index in [4.69, 9.17) is 5.73 Å². The smallest absolute Gasteiger partial charge is 0.241 e. The van der Waals surface area contributed by atoms with Crippen molar-refractivity contribution >= 4 is 35.6 Å². The molecule has 0 aliphatic carbocycles. The molecule has 6 heteroatoms. The Bertz CT molecular complexity index is 487. The van der Waals surface area contributed by atoms with E-state index in [0.717, 1.165) is 0 Å². The highest BCUT2D eigenvalue weighted by Crippen LogP contribution is 2.15. The zero-order valence-corrected chi connectivity index (χ0v) is 14.4. The lowest BCUT2D eigenvalue weighted by Crippen LogP contribution is -2.39. The largest absolute Gasteiger partial charge is 0.326 e. The van der Waals surface area contributed by atoms with Gasteiger partial charge >= 0.3 is 0 Å². The Morgan fingerprint density at radius 2 is 1.45 bits per heavy atom. The fraction of sp³-hybridized carbons (Fsp3) is 0.500. The van der Waals surface area contributed by atoms with Crippen molar-refractivity contribution in [3.8, 4) is 0 Å². The lowest BCUT2D eigenvalue weighted by atomic mass is 10.0. The van der Waals surface area contributed by atoms with E-state index in [2.05, 4.69) is 10.6 Å². The van der Waals surface area contributed by atoms with Crippen molar-refractivity contribution in [3.05, 3.63) is 24.3 Å². The molecule has 0 aromatic heterocycles. The van der Waals surface area contributed by atoms with Gasteiger partial charge in [0, 0.05) is 17.8 Å². The Labute approximate surface area is 138 Å². The van der Waals surface area contributed by atoms with Crippen molar-refractivity contribution in [2.75, 3.05) is 10.6 Å². The van der Waals surface area contributed by atoms with Crippen LogP contribution in [0.15, 0.2) is 24.3 Å². The summed E-state index contributed by atoms with van der Waals surface area (Å²) in [6.45, 7) is 7.79. The van der Waals surface area contributed by atoms with Crippen LogP contribution in [0.2, 0.25) is 0 Å². The van der Waals surface area contributed by atoms with Gasteiger partial charge in [-0.3, -0.25) is 9.59 Å². The molecular formula is C16H26ClN3O2. The van der Waals surface area contributed by atoms with Crippen LogP contribution in [0, 0.1) is 11.8 Å². The highest BCUT2D eigenvalue weighted by molar-refractivity contribution is 5.95. The number of hydrogen-bond donors (Lipinski definition) is 3. The second-order valence-electron chi connectivity index (χ2n) is 5.98. The number of anilines is 2. The molecule has 0 bridgehead atoms. The van der Waals surface area contributed by atoms with E-state index < -0.39 is 6.04 Å². The summed E-state index contributed by atoms with van der Waals surface area (Å²) in [5.41, 5.74) is 7.16. The Morgan fingerprint density at radius 3 is 1.86 bits per heavy atom. The summed E-state index contributed by atoms with van der Waals surface area (Å²) in [7, 11) is 0. The third-order valence-electron chi connectivity index (χ3n) is 3.05. The first-order chi connectivity index (χ1) is 9.79. The number of nitrogens with two attached hydrogens (primary N) is 1. The van der Waals surface area contributed by atoms with Crippen LogP contribution in [0.4, 0.5) is 11.4 Å². The SMILES string of the molecule is CC(C)CC(=O)Nc1ccc(NC(=O)[C@H](N)C(C)C)cc1.Cl. The first-order valence-corrected chi connectivity index (χ1v) is 7.26. The normalized spacial score (nSPS) is 11.8. The van der Waals surface area contributed by atoms with Crippen molar-refractivity contribution in [1.82, 2.24) is 0 Å². The topological polar surface area (TPSA) is 84.2 Å². The van der Waals surface area contributed by atoms with Crippen LogP contribution in [0.25, 0.3) is 0 Å². The molecule has 0 saturated heterocycles. The molecule has 1 rings (SSSR count). The van der Waals surface area contributed by atoms with Crippen molar-refractivity contribution in [2.24, 2.45) is 17.6 Å². The molecule has 0 aliphatic heterocycles. The molecule has 0 spiro atoms. The fourth-order valence-corrected chi connectivity index (χ4v) is 1.75. The van der Waals surface area contributed by atoms with E-state index in [-0.39, 0.29) is 30.1 Å². The first kappa shape index (κ1) is 20.4. The Hall–Kier alpha value is -1.59. The van der Waals surface area contributed by atoms with Crippen LogP contribution in [-0.4, -0.2) is 17.9 Å². The van der Waals surface area contributed by atoms with Crippen molar-refractivity contribution < 1.29 is 9.59 Å². The van der Waals surface area contributed by atoms with Gasteiger partial charge in [0.25, 0.3) is 0 Å². The number of rotatable bonds is 6. The third-order valence-corrected chi connectivity index (χ3v) is 3.05. The van der Waals surface area contributed by atoms with Crippen molar-refractivity contribution in [3.63, 3.8) is 0 Å². The molecule has 2 amide bonds. The average molecular weight is 328 g/mol. The average Bonchev–Trinajstić information content (AvgIpc) is 2.38. The predicted octanol–water partition coefficient (Wildman–Crippen LogP) is 3.01. The number of carbonyl (C=O) groups excluding carboxylic acids is 2. The fourth-order valence-electron chi connectivity index (χ4n) is 1.75. The number of amides is 2. The van der Waals surface area contributed by atoms with Gasteiger partial charge in [-0.1, -0.05) is 27.7 Å². The van der Waals surface area contributed by atoms with E-state index >= 15 is 0 Å². The minimum Gasteiger partial charge on any atom is -0.326 e. The first-order valence-electron chi connectivity index (χ1n) is 7.26. The summed E-state index contributed by atoms with van der Waals surface area (Å²) in [5, 5.41) is 5.58. The number of nitrogens with one attached hydrogen (secondary N) is 2. The molecule has 0 heterocycles. The molecule has 4 N–H and O–H groups in total. The quantitative estimate of drug-likeness (QED) is 0.751. The van der Waals surface area contributed by atoms with E-state index in [9.17, 15) is 9.59 Å². The molecular weight excluding hydrogens is 302 g/mol. The van der Waals surface area contributed by atoms with Gasteiger partial charge in [-0.15, -0.1) is 12.4 Å². The van der Waals surface area contributed by atoms with Gasteiger partial charge in [0.1, 0.15) is 0 Å². The summed E-state index contributed by atoms with van der Waals surface area (Å²) in [5.74, 6) is 0.186. The molecule has 1 aromatic rings. The van der Waals surface area contributed by atoms with Crippen LogP contribution in [0.3, 0.4) is 0 Å². The van der Waals surface area contributed by atoms with Crippen molar-refractivity contribution in [1.29, 1.82) is 0 Å². The van der Waals surface area contributed by atoms with Crippen LogP contribution in [0.1, 0.15) is 34.1 Å². The Kier molecular flexibility index (Phi) is 8.75. The third kappa shape index (κ3) is 6.91. The molecule has 0 radical (unpaired) electrons. The molecule has 0 aliphatic rings. The highest BCUT2D eigenvalue weighted by atomic mass is 35.5. The maximum atomic E-state index is 11.8. The summed E-state index contributed by atoms with van der Waals surface area (Å²) in [6, 6.07) is 6.48. The predicted molar refractivity (Wildman–Crippen MR) is 93.2 cm³/mol. The second kappa shape index (κ2) is 9.43. The molecule has 0 saturated carbocycles. The van der Waals surface area contributed by atoms with E-state index in [0.29, 0.717) is 23.7 Å². The maximum Gasteiger partial charge on any atom is 0.241 e.